The molecule has 2 aliphatic heterocycles. The lowest BCUT2D eigenvalue weighted by atomic mass is 9.87. The number of benzene rings is 3. The highest BCUT2D eigenvalue weighted by molar-refractivity contribution is 5.90. The maximum Gasteiger partial charge on any atom is 0.272 e. The first kappa shape index (κ1) is 24.7. The van der Waals surface area contributed by atoms with Crippen LogP contribution in [-0.4, -0.2) is 39.8 Å². The standard InChI is InChI=1S/C31H32F2N4O/c32-22-11-7-20(8-12-22)27(21-9-13-23(33)14-10-21)6-3-17-37-25-15-16-26(37)19-24(18-25)34-30-28-4-1-2-5-29(28)31(38)36-35-30/h1-2,4-5,7-14,24-27H,3,6,15-19H2,(H,34,35)(H,36,38)/t25-,26-/m0/s1. The smallest absolute Gasteiger partial charge is 0.272 e. The van der Waals surface area contributed by atoms with Crippen LogP contribution in [0.3, 0.4) is 0 Å². The number of fused-ring (bicyclic) bond motifs is 3. The largest absolute Gasteiger partial charge is 0.365 e. The van der Waals surface area contributed by atoms with E-state index < -0.39 is 0 Å². The van der Waals surface area contributed by atoms with Crippen molar-refractivity contribution in [3.05, 3.63) is 106 Å². The average Bonchev–Trinajstić information content (AvgIpc) is 3.17. The summed E-state index contributed by atoms with van der Waals surface area (Å²) < 4.78 is 27.2. The van der Waals surface area contributed by atoms with Crippen molar-refractivity contribution < 1.29 is 8.78 Å². The van der Waals surface area contributed by atoms with Crippen molar-refractivity contribution in [3.63, 3.8) is 0 Å². The van der Waals surface area contributed by atoms with Crippen LogP contribution in [0.1, 0.15) is 55.6 Å². The molecule has 0 radical (unpaired) electrons. The highest BCUT2D eigenvalue weighted by Crippen LogP contribution is 2.38. The molecule has 7 heteroatoms. The number of piperidine rings is 1. The van der Waals surface area contributed by atoms with Gasteiger partial charge in [0.2, 0.25) is 0 Å². The van der Waals surface area contributed by atoms with Crippen molar-refractivity contribution in [2.24, 2.45) is 0 Å². The summed E-state index contributed by atoms with van der Waals surface area (Å²) in [4.78, 5) is 14.8. The third-order valence-electron chi connectivity index (χ3n) is 8.38. The lowest BCUT2D eigenvalue weighted by molar-refractivity contribution is 0.129. The third kappa shape index (κ3) is 5.07. The van der Waals surface area contributed by atoms with Crippen LogP contribution < -0.4 is 10.9 Å². The fourth-order valence-electron chi connectivity index (χ4n) is 6.57. The average molecular weight is 515 g/mol. The SMILES string of the molecule is O=c1[nH]nc(NC2C[C@@H]3CC[C@@H](C2)N3CCCC(c2ccc(F)cc2)c2ccc(F)cc2)c2ccccc12. The highest BCUT2D eigenvalue weighted by atomic mass is 19.1. The van der Waals surface area contributed by atoms with E-state index in [0.29, 0.717) is 23.5 Å². The Bertz CT molecular complexity index is 1390. The minimum absolute atomic E-state index is 0.104. The van der Waals surface area contributed by atoms with Gasteiger partial charge in [0, 0.05) is 29.4 Å². The molecular formula is C31H32F2N4O. The Labute approximate surface area is 220 Å². The minimum Gasteiger partial charge on any atom is -0.365 e. The Hall–Kier alpha value is -3.58. The van der Waals surface area contributed by atoms with Crippen LogP contribution in [0.2, 0.25) is 0 Å². The number of hydrogen-bond acceptors (Lipinski definition) is 4. The molecule has 1 aromatic heterocycles. The lowest BCUT2D eigenvalue weighted by Gasteiger charge is -2.39. The van der Waals surface area contributed by atoms with Crippen LogP contribution in [0.25, 0.3) is 10.8 Å². The summed E-state index contributed by atoms with van der Waals surface area (Å²) in [5.74, 6) is 0.363. The number of aromatic nitrogens is 2. The zero-order chi connectivity index (χ0) is 26.1. The van der Waals surface area contributed by atoms with E-state index in [2.05, 4.69) is 20.4 Å². The molecule has 2 aliphatic rings. The van der Waals surface area contributed by atoms with Gasteiger partial charge in [0.1, 0.15) is 11.6 Å². The molecule has 0 amide bonds. The fourth-order valence-corrected chi connectivity index (χ4v) is 6.57. The van der Waals surface area contributed by atoms with E-state index in [4.69, 9.17) is 0 Å². The van der Waals surface area contributed by atoms with Gasteiger partial charge in [0.05, 0.1) is 5.39 Å². The number of H-pyrrole nitrogens is 1. The van der Waals surface area contributed by atoms with E-state index >= 15 is 0 Å². The van der Waals surface area contributed by atoms with E-state index in [-0.39, 0.29) is 23.1 Å². The van der Waals surface area contributed by atoms with Gasteiger partial charge in [-0.3, -0.25) is 9.69 Å². The minimum atomic E-state index is -0.246. The summed E-state index contributed by atoms with van der Waals surface area (Å²) in [6.07, 6.45) is 6.42. The monoisotopic (exact) mass is 514 g/mol. The molecule has 3 aromatic carbocycles. The molecule has 0 aliphatic carbocycles. The molecule has 196 valence electrons. The number of nitrogens with zero attached hydrogens (tertiary/aromatic N) is 2. The van der Waals surface area contributed by atoms with Crippen molar-refractivity contribution in [2.45, 2.75) is 62.6 Å². The van der Waals surface area contributed by atoms with Gasteiger partial charge < -0.3 is 5.32 Å². The van der Waals surface area contributed by atoms with Gasteiger partial charge >= 0.3 is 0 Å². The van der Waals surface area contributed by atoms with Crippen molar-refractivity contribution in [1.29, 1.82) is 0 Å². The molecule has 38 heavy (non-hydrogen) atoms. The second kappa shape index (κ2) is 10.7. The van der Waals surface area contributed by atoms with Gasteiger partial charge in [-0.1, -0.05) is 42.5 Å². The van der Waals surface area contributed by atoms with Crippen molar-refractivity contribution in [1.82, 2.24) is 15.1 Å². The normalized spacial score (nSPS) is 21.3. The molecule has 2 N–H and O–H groups in total. The Kier molecular flexibility index (Phi) is 6.94. The Balaban J connectivity index is 1.11. The quantitative estimate of drug-likeness (QED) is 0.293. The second-order valence-electron chi connectivity index (χ2n) is 10.7. The predicted octanol–water partition coefficient (Wildman–Crippen LogP) is 6.22. The van der Waals surface area contributed by atoms with Gasteiger partial charge in [-0.15, -0.1) is 0 Å². The Morgan fingerprint density at radius 2 is 1.45 bits per heavy atom. The van der Waals surface area contributed by atoms with Gasteiger partial charge in [0.15, 0.2) is 5.82 Å². The number of anilines is 1. The lowest BCUT2D eigenvalue weighted by Crippen LogP contribution is -2.47. The summed E-state index contributed by atoms with van der Waals surface area (Å²) in [6, 6.07) is 22.4. The molecular weight excluding hydrogens is 482 g/mol. The van der Waals surface area contributed by atoms with Crippen molar-refractivity contribution in [2.75, 3.05) is 11.9 Å². The first-order chi connectivity index (χ1) is 18.5. The number of hydrogen-bond donors (Lipinski definition) is 2. The van der Waals surface area contributed by atoms with Crippen LogP contribution in [0.5, 0.6) is 0 Å². The molecule has 4 aromatic rings. The van der Waals surface area contributed by atoms with Crippen LogP contribution in [0.15, 0.2) is 77.6 Å². The molecule has 0 spiro atoms. The molecule has 5 nitrogen and oxygen atoms in total. The van der Waals surface area contributed by atoms with Crippen LogP contribution in [-0.2, 0) is 0 Å². The van der Waals surface area contributed by atoms with Crippen molar-refractivity contribution in [3.8, 4) is 0 Å². The maximum absolute atomic E-state index is 13.6. The first-order valence-electron chi connectivity index (χ1n) is 13.6. The molecule has 6 rings (SSSR count). The van der Waals surface area contributed by atoms with E-state index in [0.717, 1.165) is 54.6 Å². The van der Waals surface area contributed by atoms with E-state index in [1.54, 1.807) is 0 Å². The van der Waals surface area contributed by atoms with E-state index in [1.807, 2.05) is 48.5 Å². The van der Waals surface area contributed by atoms with Gasteiger partial charge in [-0.05, 0) is 86.5 Å². The molecule has 0 saturated carbocycles. The zero-order valence-electron chi connectivity index (χ0n) is 21.2. The summed E-state index contributed by atoms with van der Waals surface area (Å²) in [7, 11) is 0. The summed E-state index contributed by atoms with van der Waals surface area (Å²) in [5.41, 5.74) is 1.95. The topological polar surface area (TPSA) is 61.0 Å². The molecule has 2 fully saturated rings. The third-order valence-corrected chi connectivity index (χ3v) is 8.38. The summed E-state index contributed by atoms with van der Waals surface area (Å²) in [6.45, 7) is 1.01. The number of halogens is 2. The summed E-state index contributed by atoms with van der Waals surface area (Å²) >= 11 is 0. The molecule has 2 saturated heterocycles. The van der Waals surface area contributed by atoms with Crippen LogP contribution in [0.4, 0.5) is 14.6 Å². The second-order valence-corrected chi connectivity index (χ2v) is 10.7. The van der Waals surface area contributed by atoms with Gasteiger partial charge in [-0.25, -0.2) is 13.9 Å². The van der Waals surface area contributed by atoms with Crippen LogP contribution in [0, 0.1) is 11.6 Å². The Morgan fingerprint density at radius 1 is 0.868 bits per heavy atom. The Morgan fingerprint density at radius 3 is 2.05 bits per heavy atom. The first-order valence-corrected chi connectivity index (χ1v) is 13.6. The number of rotatable bonds is 8. The molecule has 0 unspecified atom stereocenters. The summed E-state index contributed by atoms with van der Waals surface area (Å²) in [5, 5.41) is 12.1. The maximum atomic E-state index is 13.6. The van der Waals surface area contributed by atoms with Crippen molar-refractivity contribution >= 4 is 16.6 Å². The van der Waals surface area contributed by atoms with E-state index in [9.17, 15) is 13.6 Å². The van der Waals surface area contributed by atoms with Gasteiger partial charge in [0.25, 0.3) is 5.56 Å². The van der Waals surface area contributed by atoms with E-state index in [1.165, 1.54) is 37.1 Å². The predicted molar refractivity (Wildman–Crippen MR) is 146 cm³/mol. The zero-order valence-corrected chi connectivity index (χ0v) is 21.2. The molecule has 3 heterocycles. The number of aromatic amines is 1. The number of nitrogens with one attached hydrogen (secondary N) is 2. The fraction of sp³-hybridized carbons (Fsp3) is 0.355. The molecule has 2 bridgehead atoms. The highest BCUT2D eigenvalue weighted by Gasteiger charge is 2.40. The van der Waals surface area contributed by atoms with Crippen LogP contribution >= 0.6 is 0 Å². The molecule has 2 atom stereocenters. The van der Waals surface area contributed by atoms with Gasteiger partial charge in [-0.2, -0.15) is 5.10 Å².